The van der Waals surface area contributed by atoms with Crippen molar-refractivity contribution >= 4 is 11.8 Å². The van der Waals surface area contributed by atoms with Crippen LogP contribution in [0.1, 0.15) is 56.9 Å². The first-order valence-electron chi connectivity index (χ1n) is 8.83. The summed E-state index contributed by atoms with van der Waals surface area (Å²) in [6.07, 6.45) is 0.863. The highest BCUT2D eigenvalue weighted by Gasteiger charge is 2.20. The fourth-order valence-electron chi connectivity index (χ4n) is 2.93. The van der Waals surface area contributed by atoms with Crippen LogP contribution in [-0.4, -0.2) is 10.2 Å². The number of hydrogen-bond acceptors (Lipinski definition) is 3. The first-order valence-corrected chi connectivity index (χ1v) is 9.65. The van der Waals surface area contributed by atoms with Gasteiger partial charge < -0.3 is 10.2 Å². The van der Waals surface area contributed by atoms with Crippen LogP contribution in [0.4, 0.5) is 0 Å². The largest absolute Gasteiger partial charge is 0.508 e. The Morgan fingerprint density at radius 3 is 1.92 bits per heavy atom. The lowest BCUT2D eigenvalue weighted by atomic mass is 9.86. The van der Waals surface area contributed by atoms with Gasteiger partial charge in [0.25, 0.3) is 0 Å². The Bertz CT molecular complexity index is 771. The number of phenolic OH excluding ortho intramolecular Hbond substituents is 2. The number of hydrogen-bond donors (Lipinski definition) is 2. The molecule has 0 amide bonds. The second kappa shape index (κ2) is 7.33. The predicted molar refractivity (Wildman–Crippen MR) is 107 cm³/mol. The minimum atomic E-state index is -0.111. The monoisotopic (exact) mass is 358 g/mol. The molecule has 0 bridgehead atoms. The van der Waals surface area contributed by atoms with E-state index in [-0.39, 0.29) is 5.41 Å². The molecule has 0 unspecified atom stereocenters. The van der Waals surface area contributed by atoms with Crippen LogP contribution in [0, 0.1) is 19.8 Å². The summed E-state index contributed by atoms with van der Waals surface area (Å²) in [5.74, 6) is 1.24. The summed E-state index contributed by atoms with van der Waals surface area (Å²) in [5.41, 5.74) is 3.98. The molecule has 0 fully saturated rings. The lowest BCUT2D eigenvalue weighted by Gasteiger charge is -2.22. The van der Waals surface area contributed by atoms with Crippen LogP contribution >= 0.6 is 11.8 Å². The Labute approximate surface area is 156 Å². The number of aromatic hydroxyl groups is 2. The summed E-state index contributed by atoms with van der Waals surface area (Å²) in [6, 6.07) is 7.93. The van der Waals surface area contributed by atoms with Crippen molar-refractivity contribution in [3.63, 3.8) is 0 Å². The minimum absolute atomic E-state index is 0.111. The molecule has 0 saturated heterocycles. The van der Waals surface area contributed by atoms with Gasteiger partial charge in [0, 0.05) is 15.4 Å². The first kappa shape index (κ1) is 19.7. The maximum Gasteiger partial charge on any atom is 0.119 e. The zero-order valence-corrected chi connectivity index (χ0v) is 17.2. The van der Waals surface area contributed by atoms with Gasteiger partial charge in [0.1, 0.15) is 11.5 Å². The molecule has 0 radical (unpaired) electrons. The van der Waals surface area contributed by atoms with Crippen LogP contribution in [-0.2, 0) is 11.8 Å². The van der Waals surface area contributed by atoms with Gasteiger partial charge in [0.15, 0.2) is 0 Å². The summed E-state index contributed by atoms with van der Waals surface area (Å²) in [6.45, 7) is 14.7. The standard InChI is InChI=1S/C22H30O2S/c1-13(2)8-16-11-20(14(3)9-18(16)23)25-21-12-17(22(5,6)7)19(24)10-15(21)4/h9-13,23-24H,8H2,1-7H3. The average molecular weight is 359 g/mol. The second-order valence-corrected chi connectivity index (χ2v) is 9.42. The third-order valence-electron chi connectivity index (χ3n) is 4.33. The molecule has 0 heterocycles. The summed E-state index contributed by atoms with van der Waals surface area (Å²) < 4.78 is 0. The fraction of sp³-hybridized carbons (Fsp3) is 0.455. The normalized spacial score (nSPS) is 12.0. The van der Waals surface area contributed by atoms with Crippen LogP contribution in [0.15, 0.2) is 34.1 Å². The molecule has 136 valence electrons. The molecule has 0 spiro atoms. The lowest BCUT2D eigenvalue weighted by Crippen LogP contribution is -2.11. The van der Waals surface area contributed by atoms with Crippen LogP contribution < -0.4 is 0 Å². The van der Waals surface area contributed by atoms with Crippen molar-refractivity contribution in [3.8, 4) is 11.5 Å². The molecule has 0 aliphatic heterocycles. The third-order valence-corrected chi connectivity index (χ3v) is 5.65. The Morgan fingerprint density at radius 1 is 0.880 bits per heavy atom. The maximum absolute atomic E-state index is 10.3. The predicted octanol–water partition coefficient (Wildman–Crippen LogP) is 6.36. The van der Waals surface area contributed by atoms with Crippen LogP contribution in [0.3, 0.4) is 0 Å². The van der Waals surface area contributed by atoms with Gasteiger partial charge in [0.05, 0.1) is 0 Å². The maximum atomic E-state index is 10.3. The third kappa shape index (κ3) is 4.72. The molecule has 0 saturated carbocycles. The Morgan fingerprint density at radius 2 is 1.40 bits per heavy atom. The molecule has 2 rings (SSSR count). The molecule has 25 heavy (non-hydrogen) atoms. The molecule has 2 nitrogen and oxygen atoms in total. The zero-order valence-electron chi connectivity index (χ0n) is 16.4. The van der Waals surface area contributed by atoms with Crippen molar-refractivity contribution in [3.05, 3.63) is 46.5 Å². The van der Waals surface area contributed by atoms with E-state index >= 15 is 0 Å². The van der Waals surface area contributed by atoms with Crippen molar-refractivity contribution in [2.45, 2.75) is 70.1 Å². The van der Waals surface area contributed by atoms with Gasteiger partial charge >= 0.3 is 0 Å². The van der Waals surface area contributed by atoms with E-state index in [0.29, 0.717) is 17.4 Å². The molecule has 2 aromatic rings. The van der Waals surface area contributed by atoms with E-state index < -0.39 is 0 Å². The van der Waals surface area contributed by atoms with E-state index in [1.54, 1.807) is 11.8 Å². The van der Waals surface area contributed by atoms with E-state index in [2.05, 4.69) is 46.8 Å². The molecule has 2 N–H and O–H groups in total. The molecule has 0 aliphatic carbocycles. The van der Waals surface area contributed by atoms with Gasteiger partial charge in [-0.1, -0.05) is 46.4 Å². The Balaban J connectivity index is 2.46. The first-order chi connectivity index (χ1) is 11.5. The van der Waals surface area contributed by atoms with Crippen molar-refractivity contribution in [2.24, 2.45) is 5.92 Å². The van der Waals surface area contributed by atoms with Crippen LogP contribution in [0.2, 0.25) is 0 Å². The number of phenols is 2. The molecule has 2 aromatic carbocycles. The van der Waals surface area contributed by atoms with Gasteiger partial charge in [0.2, 0.25) is 0 Å². The highest BCUT2D eigenvalue weighted by molar-refractivity contribution is 7.99. The Hall–Kier alpha value is -1.61. The zero-order chi connectivity index (χ0) is 18.9. The second-order valence-electron chi connectivity index (χ2n) is 8.33. The quantitative estimate of drug-likeness (QED) is 0.668. The smallest absolute Gasteiger partial charge is 0.119 e. The summed E-state index contributed by atoms with van der Waals surface area (Å²) in [4.78, 5) is 2.30. The van der Waals surface area contributed by atoms with Crippen molar-refractivity contribution in [2.75, 3.05) is 0 Å². The van der Waals surface area contributed by atoms with E-state index in [1.807, 2.05) is 26.0 Å². The summed E-state index contributed by atoms with van der Waals surface area (Å²) in [7, 11) is 0. The van der Waals surface area contributed by atoms with Gasteiger partial charge in [-0.2, -0.15) is 0 Å². The van der Waals surface area contributed by atoms with Gasteiger partial charge in [-0.25, -0.2) is 0 Å². The molecular formula is C22H30O2S. The highest BCUT2D eigenvalue weighted by Crippen LogP contribution is 2.41. The minimum Gasteiger partial charge on any atom is -0.508 e. The molecule has 0 aromatic heterocycles. The van der Waals surface area contributed by atoms with Crippen molar-refractivity contribution < 1.29 is 10.2 Å². The molecular weight excluding hydrogens is 328 g/mol. The van der Waals surface area contributed by atoms with E-state index in [4.69, 9.17) is 0 Å². The van der Waals surface area contributed by atoms with E-state index in [0.717, 1.165) is 38.5 Å². The Kier molecular flexibility index (Phi) is 5.78. The summed E-state index contributed by atoms with van der Waals surface area (Å²) >= 11 is 1.71. The number of benzene rings is 2. The lowest BCUT2D eigenvalue weighted by molar-refractivity contribution is 0.445. The molecule has 0 atom stereocenters. The topological polar surface area (TPSA) is 40.5 Å². The SMILES string of the molecule is Cc1cc(O)c(CC(C)C)cc1Sc1cc(C(C)(C)C)c(O)cc1C. The van der Waals surface area contributed by atoms with E-state index in [9.17, 15) is 10.2 Å². The van der Waals surface area contributed by atoms with Gasteiger partial charge in [-0.05, 0) is 72.6 Å². The van der Waals surface area contributed by atoms with Gasteiger partial charge in [-0.15, -0.1) is 0 Å². The number of aryl methyl sites for hydroxylation is 2. The molecule has 3 heteroatoms. The van der Waals surface area contributed by atoms with Crippen molar-refractivity contribution in [1.29, 1.82) is 0 Å². The average Bonchev–Trinajstić information content (AvgIpc) is 2.44. The van der Waals surface area contributed by atoms with Crippen LogP contribution in [0.25, 0.3) is 0 Å². The van der Waals surface area contributed by atoms with Crippen molar-refractivity contribution in [1.82, 2.24) is 0 Å². The molecule has 0 aliphatic rings. The van der Waals surface area contributed by atoms with Gasteiger partial charge in [-0.3, -0.25) is 0 Å². The van der Waals surface area contributed by atoms with E-state index in [1.165, 1.54) is 0 Å². The fourth-order valence-corrected chi connectivity index (χ4v) is 3.98. The highest BCUT2D eigenvalue weighted by atomic mass is 32.2. The number of rotatable bonds is 4. The summed E-state index contributed by atoms with van der Waals surface area (Å²) in [5, 5.41) is 20.5. The van der Waals surface area contributed by atoms with Crippen LogP contribution in [0.5, 0.6) is 11.5 Å².